The Morgan fingerprint density at radius 2 is 1.56 bits per heavy atom. The third kappa shape index (κ3) is 2.67. The van der Waals surface area contributed by atoms with E-state index in [9.17, 15) is 8.78 Å². The van der Waals surface area contributed by atoms with Crippen LogP contribution in [0.3, 0.4) is 0 Å². The molecule has 0 aliphatic rings. The normalized spacial score (nSPS) is 11.3. The van der Waals surface area contributed by atoms with Crippen molar-refractivity contribution in [3.8, 4) is 11.1 Å². The van der Waals surface area contributed by atoms with Crippen molar-refractivity contribution in [1.82, 2.24) is 0 Å². The van der Waals surface area contributed by atoms with E-state index in [4.69, 9.17) is 0 Å². The molecule has 0 fully saturated rings. The summed E-state index contributed by atoms with van der Waals surface area (Å²) in [6.07, 6.45) is 0. The number of anilines is 1. The van der Waals surface area contributed by atoms with Gasteiger partial charge in [-0.15, -0.1) is 0 Å². The van der Waals surface area contributed by atoms with Gasteiger partial charge in [-0.2, -0.15) is 0 Å². The zero-order valence-electron chi connectivity index (χ0n) is 10.4. The molecule has 0 unspecified atom stereocenters. The summed E-state index contributed by atoms with van der Waals surface area (Å²) < 4.78 is 26.6. The van der Waals surface area contributed by atoms with Crippen molar-refractivity contribution in [3.63, 3.8) is 0 Å². The van der Waals surface area contributed by atoms with E-state index in [1.807, 2.05) is 37.4 Å². The number of benzene rings is 2. The molecule has 0 radical (unpaired) electrons. The summed E-state index contributed by atoms with van der Waals surface area (Å²) in [4.78, 5) is 0. The van der Waals surface area contributed by atoms with E-state index >= 15 is 0 Å². The summed E-state index contributed by atoms with van der Waals surface area (Å²) in [5.74, 6) is -2.81. The number of halogens is 2. The van der Waals surface area contributed by atoms with Gasteiger partial charge in [0.25, 0.3) is 5.92 Å². The van der Waals surface area contributed by atoms with Crippen LogP contribution in [0.2, 0.25) is 0 Å². The van der Waals surface area contributed by atoms with Crippen molar-refractivity contribution in [2.75, 3.05) is 12.4 Å². The Morgan fingerprint density at radius 1 is 0.944 bits per heavy atom. The van der Waals surface area contributed by atoms with Crippen molar-refractivity contribution in [3.05, 3.63) is 54.1 Å². The second-order valence-corrected chi connectivity index (χ2v) is 4.30. The second-order valence-electron chi connectivity index (χ2n) is 4.30. The molecule has 0 saturated carbocycles. The third-order valence-electron chi connectivity index (χ3n) is 2.85. The summed E-state index contributed by atoms with van der Waals surface area (Å²) in [5, 5.41) is 3.03. The molecule has 3 heteroatoms. The van der Waals surface area contributed by atoms with Crippen LogP contribution in [0.25, 0.3) is 11.1 Å². The van der Waals surface area contributed by atoms with E-state index < -0.39 is 5.92 Å². The SMILES string of the molecule is CNc1cccc(-c2cccc(C(C)(F)F)c2)c1. The van der Waals surface area contributed by atoms with Crippen LogP contribution in [0.15, 0.2) is 48.5 Å². The lowest BCUT2D eigenvalue weighted by atomic mass is 10.0. The Bertz CT molecular complexity index is 544. The molecule has 2 aromatic rings. The molecule has 2 rings (SSSR count). The molecule has 18 heavy (non-hydrogen) atoms. The van der Waals surface area contributed by atoms with Crippen LogP contribution >= 0.6 is 0 Å². The number of rotatable bonds is 3. The van der Waals surface area contributed by atoms with Gasteiger partial charge in [-0.05, 0) is 29.3 Å². The number of hydrogen-bond acceptors (Lipinski definition) is 1. The Morgan fingerprint density at radius 3 is 2.17 bits per heavy atom. The van der Waals surface area contributed by atoms with Gasteiger partial charge in [0, 0.05) is 25.2 Å². The summed E-state index contributed by atoms with van der Waals surface area (Å²) in [6.45, 7) is 0.913. The highest BCUT2D eigenvalue weighted by Crippen LogP contribution is 2.31. The lowest BCUT2D eigenvalue weighted by molar-refractivity contribution is 0.0175. The van der Waals surface area contributed by atoms with Gasteiger partial charge in [-0.25, -0.2) is 8.78 Å². The number of nitrogens with one attached hydrogen (secondary N) is 1. The fraction of sp³-hybridized carbons (Fsp3) is 0.200. The van der Waals surface area contributed by atoms with E-state index in [1.165, 1.54) is 12.1 Å². The maximum atomic E-state index is 13.3. The maximum Gasteiger partial charge on any atom is 0.270 e. The molecule has 94 valence electrons. The highest BCUT2D eigenvalue weighted by molar-refractivity contribution is 5.68. The summed E-state index contributed by atoms with van der Waals surface area (Å²) >= 11 is 0. The third-order valence-corrected chi connectivity index (χ3v) is 2.85. The van der Waals surface area contributed by atoms with Crippen LogP contribution in [-0.4, -0.2) is 7.05 Å². The Kier molecular flexibility index (Phi) is 3.32. The summed E-state index contributed by atoms with van der Waals surface area (Å²) in [5.41, 5.74) is 2.72. The predicted octanol–water partition coefficient (Wildman–Crippen LogP) is 4.51. The zero-order valence-corrected chi connectivity index (χ0v) is 10.4. The Hall–Kier alpha value is -1.90. The molecule has 0 aliphatic heterocycles. The van der Waals surface area contributed by atoms with Crippen molar-refractivity contribution in [2.45, 2.75) is 12.8 Å². The van der Waals surface area contributed by atoms with Gasteiger partial charge < -0.3 is 5.32 Å². The van der Waals surface area contributed by atoms with Crippen molar-refractivity contribution < 1.29 is 8.78 Å². The predicted molar refractivity (Wildman–Crippen MR) is 71.0 cm³/mol. The maximum absolute atomic E-state index is 13.3. The molecule has 0 saturated heterocycles. The molecule has 0 amide bonds. The molecule has 2 aromatic carbocycles. The van der Waals surface area contributed by atoms with Gasteiger partial charge >= 0.3 is 0 Å². The molecule has 0 aromatic heterocycles. The van der Waals surface area contributed by atoms with E-state index in [2.05, 4.69) is 5.32 Å². The van der Waals surface area contributed by atoms with E-state index in [0.717, 1.165) is 23.7 Å². The van der Waals surface area contributed by atoms with Crippen molar-refractivity contribution in [1.29, 1.82) is 0 Å². The van der Waals surface area contributed by atoms with Crippen LogP contribution in [0.4, 0.5) is 14.5 Å². The van der Waals surface area contributed by atoms with Gasteiger partial charge in [0.2, 0.25) is 0 Å². The minimum atomic E-state index is -2.81. The Balaban J connectivity index is 2.44. The van der Waals surface area contributed by atoms with Gasteiger partial charge in [0.05, 0.1) is 0 Å². The van der Waals surface area contributed by atoms with Gasteiger partial charge in [-0.3, -0.25) is 0 Å². The highest BCUT2D eigenvalue weighted by Gasteiger charge is 2.24. The molecule has 0 atom stereocenters. The van der Waals surface area contributed by atoms with Crippen LogP contribution in [0.5, 0.6) is 0 Å². The molecule has 0 spiro atoms. The molecule has 1 N–H and O–H groups in total. The smallest absolute Gasteiger partial charge is 0.270 e. The number of hydrogen-bond donors (Lipinski definition) is 1. The lowest BCUT2D eigenvalue weighted by Gasteiger charge is -2.12. The zero-order chi connectivity index (χ0) is 13.2. The first-order valence-corrected chi connectivity index (χ1v) is 5.77. The van der Waals surface area contributed by atoms with Crippen LogP contribution < -0.4 is 5.32 Å². The second kappa shape index (κ2) is 4.77. The van der Waals surface area contributed by atoms with E-state index in [0.29, 0.717) is 0 Å². The standard InChI is InChI=1S/C15H15F2N/c1-15(16,17)13-7-3-5-11(9-13)12-6-4-8-14(10-12)18-2/h3-10,18H,1-2H3. The van der Waals surface area contributed by atoms with Crippen LogP contribution in [-0.2, 0) is 5.92 Å². The highest BCUT2D eigenvalue weighted by atomic mass is 19.3. The Labute approximate surface area is 105 Å². The first-order chi connectivity index (χ1) is 8.50. The first-order valence-electron chi connectivity index (χ1n) is 5.77. The lowest BCUT2D eigenvalue weighted by Crippen LogP contribution is -2.06. The molecular formula is C15H15F2N. The minimum absolute atomic E-state index is 0.0369. The van der Waals surface area contributed by atoms with Gasteiger partial charge in [0.1, 0.15) is 0 Å². The van der Waals surface area contributed by atoms with Gasteiger partial charge in [-0.1, -0.05) is 30.3 Å². The van der Waals surface area contributed by atoms with Crippen molar-refractivity contribution >= 4 is 5.69 Å². The summed E-state index contributed by atoms with van der Waals surface area (Å²) in [7, 11) is 1.83. The fourth-order valence-electron chi connectivity index (χ4n) is 1.83. The van der Waals surface area contributed by atoms with Crippen LogP contribution in [0, 0.1) is 0 Å². The number of alkyl halides is 2. The first kappa shape index (κ1) is 12.6. The van der Waals surface area contributed by atoms with E-state index in [1.54, 1.807) is 6.07 Å². The molecule has 0 heterocycles. The minimum Gasteiger partial charge on any atom is -0.388 e. The fourth-order valence-corrected chi connectivity index (χ4v) is 1.83. The molecular weight excluding hydrogens is 232 g/mol. The topological polar surface area (TPSA) is 12.0 Å². The molecule has 1 nitrogen and oxygen atoms in total. The molecule has 0 aliphatic carbocycles. The average molecular weight is 247 g/mol. The van der Waals surface area contributed by atoms with Crippen molar-refractivity contribution in [2.24, 2.45) is 0 Å². The average Bonchev–Trinajstić information content (AvgIpc) is 2.38. The quantitative estimate of drug-likeness (QED) is 0.841. The van der Waals surface area contributed by atoms with E-state index in [-0.39, 0.29) is 5.56 Å². The largest absolute Gasteiger partial charge is 0.388 e. The molecule has 0 bridgehead atoms. The van der Waals surface area contributed by atoms with Crippen LogP contribution in [0.1, 0.15) is 12.5 Å². The monoisotopic (exact) mass is 247 g/mol. The van der Waals surface area contributed by atoms with Gasteiger partial charge in [0.15, 0.2) is 0 Å². The summed E-state index contributed by atoms with van der Waals surface area (Å²) in [6, 6.07) is 14.2.